The summed E-state index contributed by atoms with van der Waals surface area (Å²) in [5.41, 5.74) is 3.86. The minimum absolute atomic E-state index is 0.0869. The van der Waals surface area contributed by atoms with Crippen LogP contribution in [0.4, 0.5) is 5.95 Å². The van der Waals surface area contributed by atoms with Crippen LogP contribution in [0.5, 0.6) is 0 Å². The number of anilines is 1. The van der Waals surface area contributed by atoms with Gasteiger partial charge in [-0.15, -0.1) is 0 Å². The quantitative estimate of drug-likeness (QED) is 0.692. The van der Waals surface area contributed by atoms with E-state index in [1.165, 1.54) is 0 Å². The lowest BCUT2D eigenvalue weighted by atomic mass is 10.1. The van der Waals surface area contributed by atoms with Crippen molar-refractivity contribution >= 4 is 11.9 Å². The molecule has 0 aliphatic carbocycles. The second kappa shape index (κ2) is 7.57. The number of aromatic nitrogens is 3. The van der Waals surface area contributed by atoms with E-state index in [0.29, 0.717) is 18.1 Å². The molecule has 0 fully saturated rings. The van der Waals surface area contributed by atoms with Gasteiger partial charge in [0, 0.05) is 44.0 Å². The molecule has 0 aliphatic heterocycles. The molecular formula is C20H23N5O2. The maximum absolute atomic E-state index is 12.8. The van der Waals surface area contributed by atoms with Crippen molar-refractivity contribution in [2.75, 3.05) is 26.0 Å². The van der Waals surface area contributed by atoms with Crippen molar-refractivity contribution in [1.82, 2.24) is 20.0 Å². The first-order valence-corrected chi connectivity index (χ1v) is 8.64. The second-order valence-electron chi connectivity index (χ2n) is 6.76. The number of amides is 1. The first-order chi connectivity index (χ1) is 12.8. The summed E-state index contributed by atoms with van der Waals surface area (Å²) in [6.45, 7) is 4.14. The third kappa shape index (κ3) is 4.31. The van der Waals surface area contributed by atoms with E-state index in [2.05, 4.69) is 15.1 Å². The summed E-state index contributed by atoms with van der Waals surface area (Å²) in [5, 5.41) is 3.94. The van der Waals surface area contributed by atoms with Gasteiger partial charge >= 0.3 is 0 Å². The second-order valence-corrected chi connectivity index (χ2v) is 6.76. The third-order valence-electron chi connectivity index (χ3n) is 4.07. The zero-order valence-electron chi connectivity index (χ0n) is 16.2. The van der Waals surface area contributed by atoms with Crippen LogP contribution in [0, 0.1) is 13.8 Å². The van der Waals surface area contributed by atoms with E-state index in [9.17, 15) is 4.79 Å². The summed E-state index contributed by atoms with van der Waals surface area (Å²) in [6, 6.07) is 11.2. The van der Waals surface area contributed by atoms with Gasteiger partial charge in [0.25, 0.3) is 5.91 Å². The van der Waals surface area contributed by atoms with Crippen LogP contribution in [0.2, 0.25) is 0 Å². The van der Waals surface area contributed by atoms with Crippen molar-refractivity contribution in [2.45, 2.75) is 20.4 Å². The zero-order chi connectivity index (χ0) is 19.6. The first kappa shape index (κ1) is 18.6. The monoisotopic (exact) mass is 365 g/mol. The number of hydrogen-bond acceptors (Lipinski definition) is 6. The lowest BCUT2D eigenvalue weighted by Crippen LogP contribution is -2.26. The number of aryl methyl sites for hydroxylation is 2. The summed E-state index contributed by atoms with van der Waals surface area (Å²) in [6.07, 6.45) is 0. The predicted octanol–water partition coefficient (Wildman–Crippen LogP) is 3.09. The van der Waals surface area contributed by atoms with Gasteiger partial charge in [0.2, 0.25) is 5.95 Å². The largest absolute Gasteiger partial charge is 0.361 e. The summed E-state index contributed by atoms with van der Waals surface area (Å²) in [5.74, 6) is 1.28. The van der Waals surface area contributed by atoms with Crippen molar-refractivity contribution in [3.05, 3.63) is 59.1 Å². The Morgan fingerprint density at radius 1 is 1.07 bits per heavy atom. The molecule has 0 atom stereocenters. The molecule has 0 N–H and O–H groups in total. The lowest BCUT2D eigenvalue weighted by molar-refractivity contribution is 0.0782. The predicted molar refractivity (Wildman–Crippen MR) is 104 cm³/mol. The highest BCUT2D eigenvalue weighted by Crippen LogP contribution is 2.22. The van der Waals surface area contributed by atoms with Crippen LogP contribution in [-0.4, -0.2) is 47.1 Å². The molecule has 7 nitrogen and oxygen atoms in total. The number of rotatable bonds is 5. The Hall–Kier alpha value is -3.22. The molecule has 3 rings (SSSR count). The standard InChI is InChI=1S/C20H23N5O2/c1-13-9-18(22-20(21-13)24(3)4)15-7-6-8-16(11-15)19(26)25(5)12-17-10-14(2)27-23-17/h6-11H,12H2,1-5H3. The normalized spacial score (nSPS) is 10.7. The maximum Gasteiger partial charge on any atom is 0.253 e. The fourth-order valence-electron chi connectivity index (χ4n) is 2.74. The zero-order valence-corrected chi connectivity index (χ0v) is 16.2. The third-order valence-corrected chi connectivity index (χ3v) is 4.07. The average molecular weight is 365 g/mol. The molecule has 3 aromatic rings. The van der Waals surface area contributed by atoms with Crippen LogP contribution in [0.25, 0.3) is 11.3 Å². The minimum atomic E-state index is -0.0869. The van der Waals surface area contributed by atoms with Gasteiger partial charge in [0.05, 0.1) is 12.2 Å². The van der Waals surface area contributed by atoms with Crippen LogP contribution >= 0.6 is 0 Å². The SMILES string of the molecule is Cc1cc(-c2cccc(C(=O)N(C)Cc3cc(C)on3)c2)nc(N(C)C)n1. The van der Waals surface area contributed by atoms with Gasteiger partial charge in [-0.25, -0.2) is 9.97 Å². The molecule has 0 spiro atoms. The summed E-state index contributed by atoms with van der Waals surface area (Å²) in [4.78, 5) is 25.3. The molecule has 140 valence electrons. The molecule has 27 heavy (non-hydrogen) atoms. The molecule has 0 bridgehead atoms. The number of carbonyl (C=O) groups is 1. The first-order valence-electron chi connectivity index (χ1n) is 8.64. The van der Waals surface area contributed by atoms with Gasteiger partial charge in [-0.05, 0) is 32.0 Å². The summed E-state index contributed by atoms with van der Waals surface area (Å²) >= 11 is 0. The Kier molecular flexibility index (Phi) is 5.21. The number of benzene rings is 1. The van der Waals surface area contributed by atoms with E-state index in [0.717, 1.165) is 28.4 Å². The number of carbonyl (C=O) groups excluding carboxylic acids is 1. The molecule has 0 saturated heterocycles. The van der Waals surface area contributed by atoms with Gasteiger partial charge in [-0.1, -0.05) is 17.3 Å². The minimum Gasteiger partial charge on any atom is -0.361 e. The summed E-state index contributed by atoms with van der Waals surface area (Å²) in [7, 11) is 5.55. The Labute approximate surface area is 158 Å². The van der Waals surface area contributed by atoms with Crippen LogP contribution in [-0.2, 0) is 6.54 Å². The maximum atomic E-state index is 12.8. The fraction of sp³-hybridized carbons (Fsp3) is 0.300. The highest BCUT2D eigenvalue weighted by Gasteiger charge is 2.15. The lowest BCUT2D eigenvalue weighted by Gasteiger charge is -2.16. The van der Waals surface area contributed by atoms with Crippen molar-refractivity contribution in [1.29, 1.82) is 0 Å². The van der Waals surface area contributed by atoms with Crippen LogP contribution < -0.4 is 4.90 Å². The van der Waals surface area contributed by atoms with E-state index < -0.39 is 0 Å². The van der Waals surface area contributed by atoms with Crippen molar-refractivity contribution in [2.24, 2.45) is 0 Å². The van der Waals surface area contributed by atoms with Gasteiger partial charge in [-0.2, -0.15) is 0 Å². The molecule has 0 radical (unpaired) electrons. The molecule has 0 saturated carbocycles. The molecule has 0 aliphatic rings. The number of hydrogen-bond donors (Lipinski definition) is 0. The Morgan fingerprint density at radius 2 is 1.85 bits per heavy atom. The molecular weight excluding hydrogens is 342 g/mol. The number of nitrogens with zero attached hydrogens (tertiary/aromatic N) is 5. The van der Waals surface area contributed by atoms with Crippen molar-refractivity contribution in [3.8, 4) is 11.3 Å². The fourth-order valence-corrected chi connectivity index (χ4v) is 2.74. The highest BCUT2D eigenvalue weighted by atomic mass is 16.5. The van der Waals surface area contributed by atoms with Crippen LogP contribution in [0.1, 0.15) is 27.5 Å². The van der Waals surface area contributed by atoms with E-state index in [1.54, 1.807) is 18.0 Å². The Bertz CT molecular complexity index is 965. The van der Waals surface area contributed by atoms with Crippen molar-refractivity contribution in [3.63, 3.8) is 0 Å². The molecule has 2 heterocycles. The molecule has 1 aromatic carbocycles. The van der Waals surface area contributed by atoms with Gasteiger partial charge in [0.15, 0.2) is 0 Å². The topological polar surface area (TPSA) is 75.4 Å². The van der Waals surface area contributed by atoms with Crippen molar-refractivity contribution < 1.29 is 9.32 Å². The van der Waals surface area contributed by atoms with Gasteiger partial charge in [-0.3, -0.25) is 4.79 Å². The van der Waals surface area contributed by atoms with E-state index in [1.807, 2.05) is 63.2 Å². The Balaban J connectivity index is 1.86. The average Bonchev–Trinajstić information content (AvgIpc) is 3.05. The van der Waals surface area contributed by atoms with Crippen LogP contribution in [0.3, 0.4) is 0 Å². The molecule has 2 aromatic heterocycles. The Morgan fingerprint density at radius 3 is 2.52 bits per heavy atom. The molecule has 1 amide bonds. The molecule has 7 heteroatoms. The van der Waals surface area contributed by atoms with Gasteiger partial charge < -0.3 is 14.3 Å². The smallest absolute Gasteiger partial charge is 0.253 e. The van der Waals surface area contributed by atoms with E-state index in [4.69, 9.17) is 4.52 Å². The van der Waals surface area contributed by atoms with E-state index in [-0.39, 0.29) is 5.91 Å². The highest BCUT2D eigenvalue weighted by molar-refractivity contribution is 5.95. The van der Waals surface area contributed by atoms with Gasteiger partial charge in [0.1, 0.15) is 11.5 Å². The van der Waals surface area contributed by atoms with E-state index >= 15 is 0 Å². The summed E-state index contributed by atoms with van der Waals surface area (Å²) < 4.78 is 5.06. The van der Waals surface area contributed by atoms with Crippen LogP contribution in [0.15, 0.2) is 40.9 Å². The molecule has 0 unspecified atom stereocenters.